The number of likely N-dealkylation sites (N-methyl/N-ethyl adjacent to an activating group) is 1. The summed E-state index contributed by atoms with van der Waals surface area (Å²) in [5.74, 6) is -0.0165. The van der Waals surface area contributed by atoms with Crippen LogP contribution in [0.15, 0.2) is 16.5 Å². The van der Waals surface area contributed by atoms with Gasteiger partial charge in [-0.1, -0.05) is 40.8 Å². The van der Waals surface area contributed by atoms with Crippen LogP contribution < -0.4 is 5.32 Å². The van der Waals surface area contributed by atoms with Gasteiger partial charge in [-0.05, 0) is 45.2 Å². The number of hydrogen-bond acceptors (Lipinski definition) is 6. The van der Waals surface area contributed by atoms with Crippen molar-refractivity contribution in [1.82, 2.24) is 15.1 Å². The molecule has 0 aliphatic carbocycles. The van der Waals surface area contributed by atoms with Gasteiger partial charge in [-0.3, -0.25) is 9.69 Å². The molecule has 1 amide bonds. The number of benzene rings is 1. The second-order valence-electron chi connectivity index (χ2n) is 5.66. The van der Waals surface area contributed by atoms with Crippen LogP contribution in [0.1, 0.15) is 21.7 Å². The Hall–Kier alpha value is -1.44. The number of nitrogens with one attached hydrogen (secondary N) is 1. The zero-order chi connectivity index (χ0) is 17.0. The Balaban J connectivity index is 1.94. The van der Waals surface area contributed by atoms with Gasteiger partial charge in [-0.2, -0.15) is 0 Å². The highest BCUT2D eigenvalue weighted by Crippen LogP contribution is 2.22. The Morgan fingerprint density at radius 3 is 2.48 bits per heavy atom. The summed E-state index contributed by atoms with van der Waals surface area (Å²) in [4.78, 5) is 14.2. The van der Waals surface area contributed by atoms with Crippen molar-refractivity contribution in [3.63, 3.8) is 0 Å². The van der Waals surface area contributed by atoms with Gasteiger partial charge in [0.15, 0.2) is 4.34 Å². The summed E-state index contributed by atoms with van der Waals surface area (Å²) in [7, 11) is 1.91. The maximum absolute atomic E-state index is 12.3. The fourth-order valence-electron chi connectivity index (χ4n) is 2.47. The number of nitrogens with zero attached hydrogens (tertiary/aromatic N) is 3. The van der Waals surface area contributed by atoms with Crippen molar-refractivity contribution in [2.24, 2.45) is 0 Å². The average molecular weight is 351 g/mol. The fourth-order valence-corrected chi connectivity index (χ4v) is 3.87. The van der Waals surface area contributed by atoms with Gasteiger partial charge in [0.2, 0.25) is 5.91 Å². The van der Waals surface area contributed by atoms with E-state index in [9.17, 15) is 4.79 Å². The second-order valence-corrected chi connectivity index (χ2v) is 7.78. The molecule has 0 atom stereocenters. The largest absolute Gasteiger partial charge is 0.324 e. The molecule has 0 aliphatic heterocycles. The molecule has 0 aliphatic rings. The molecule has 0 bridgehead atoms. The van der Waals surface area contributed by atoms with E-state index >= 15 is 0 Å². The van der Waals surface area contributed by atoms with Crippen molar-refractivity contribution >= 4 is 34.7 Å². The summed E-state index contributed by atoms with van der Waals surface area (Å²) >= 11 is 3.15. The Kier molecular flexibility index (Phi) is 6.15. The molecule has 0 saturated carbocycles. The van der Waals surface area contributed by atoms with Crippen LogP contribution >= 0.6 is 23.1 Å². The zero-order valence-corrected chi connectivity index (χ0v) is 15.8. The number of carbonyl (C=O) groups is 1. The van der Waals surface area contributed by atoms with Crippen molar-refractivity contribution < 1.29 is 4.79 Å². The second kappa shape index (κ2) is 7.90. The van der Waals surface area contributed by atoms with Crippen molar-refractivity contribution in [2.45, 2.75) is 31.7 Å². The molecule has 7 heteroatoms. The van der Waals surface area contributed by atoms with Gasteiger partial charge in [0.25, 0.3) is 0 Å². The van der Waals surface area contributed by atoms with E-state index in [-0.39, 0.29) is 5.91 Å². The maximum atomic E-state index is 12.3. The first-order valence-corrected chi connectivity index (χ1v) is 9.35. The molecule has 124 valence electrons. The molecule has 2 rings (SSSR count). The third kappa shape index (κ3) is 5.02. The van der Waals surface area contributed by atoms with Crippen LogP contribution in [0.3, 0.4) is 0 Å². The Morgan fingerprint density at radius 1 is 1.26 bits per heavy atom. The number of aromatic nitrogens is 2. The quantitative estimate of drug-likeness (QED) is 0.811. The molecular weight excluding hydrogens is 328 g/mol. The summed E-state index contributed by atoms with van der Waals surface area (Å²) in [6.45, 7) is 7.04. The first-order chi connectivity index (χ1) is 10.9. The monoisotopic (exact) mass is 350 g/mol. The van der Waals surface area contributed by atoms with E-state index in [1.165, 1.54) is 5.56 Å². The van der Waals surface area contributed by atoms with E-state index < -0.39 is 0 Å². The van der Waals surface area contributed by atoms with E-state index in [1.807, 2.05) is 32.1 Å². The first kappa shape index (κ1) is 17.9. The lowest BCUT2D eigenvalue weighted by Gasteiger charge is -2.17. The van der Waals surface area contributed by atoms with Gasteiger partial charge in [0.05, 0.1) is 13.1 Å². The van der Waals surface area contributed by atoms with Crippen LogP contribution in [0.5, 0.6) is 0 Å². The number of aryl methyl sites for hydroxylation is 3. The third-order valence-corrected chi connectivity index (χ3v) is 5.27. The van der Waals surface area contributed by atoms with Gasteiger partial charge in [0, 0.05) is 5.69 Å². The van der Waals surface area contributed by atoms with E-state index in [2.05, 4.69) is 34.6 Å². The molecule has 5 nitrogen and oxygen atoms in total. The van der Waals surface area contributed by atoms with Gasteiger partial charge in [0.1, 0.15) is 5.01 Å². The highest BCUT2D eigenvalue weighted by atomic mass is 32.2. The predicted octanol–water partition coefficient (Wildman–Crippen LogP) is 3.26. The van der Waals surface area contributed by atoms with Crippen LogP contribution in [0.2, 0.25) is 0 Å². The Labute approximate surface area is 145 Å². The number of anilines is 1. The number of amides is 1. The molecular formula is C16H22N4OS2. The minimum atomic E-state index is -0.0165. The molecule has 1 N–H and O–H groups in total. The van der Waals surface area contributed by atoms with Crippen molar-refractivity contribution in [3.05, 3.63) is 33.8 Å². The molecule has 1 heterocycles. The normalized spacial score (nSPS) is 11.0. The topological polar surface area (TPSA) is 58.1 Å². The molecule has 1 aromatic heterocycles. The van der Waals surface area contributed by atoms with Crippen LogP contribution in [0.25, 0.3) is 0 Å². The van der Waals surface area contributed by atoms with Crippen LogP contribution in [-0.2, 0) is 11.3 Å². The molecule has 0 unspecified atom stereocenters. The van der Waals surface area contributed by atoms with Crippen LogP contribution in [-0.4, -0.2) is 40.9 Å². The Bertz CT molecular complexity index is 676. The summed E-state index contributed by atoms with van der Waals surface area (Å²) in [5.41, 5.74) is 4.30. The first-order valence-electron chi connectivity index (χ1n) is 7.31. The van der Waals surface area contributed by atoms with Crippen LogP contribution in [0.4, 0.5) is 5.69 Å². The standard InChI is InChI=1S/C16H22N4OS2/c1-10-6-11(2)15(12(3)7-10)17-13(21)8-20(4)9-14-18-19-16(22-5)23-14/h6-7H,8-9H2,1-5H3,(H,17,21). The summed E-state index contributed by atoms with van der Waals surface area (Å²) < 4.78 is 0.948. The highest BCUT2D eigenvalue weighted by molar-refractivity contribution is 8.00. The maximum Gasteiger partial charge on any atom is 0.238 e. The summed E-state index contributed by atoms with van der Waals surface area (Å²) in [6, 6.07) is 4.16. The average Bonchev–Trinajstić information content (AvgIpc) is 2.90. The fraction of sp³-hybridized carbons (Fsp3) is 0.438. The molecule has 0 spiro atoms. The van der Waals surface area contributed by atoms with Crippen molar-refractivity contribution in [3.8, 4) is 0 Å². The molecule has 2 aromatic rings. The number of rotatable bonds is 6. The lowest BCUT2D eigenvalue weighted by molar-refractivity contribution is -0.117. The van der Waals surface area contributed by atoms with E-state index in [4.69, 9.17) is 0 Å². The summed E-state index contributed by atoms with van der Waals surface area (Å²) in [6.07, 6.45) is 1.98. The van der Waals surface area contributed by atoms with E-state index in [0.29, 0.717) is 13.1 Å². The molecule has 0 saturated heterocycles. The lowest BCUT2D eigenvalue weighted by atomic mass is 10.1. The molecule has 23 heavy (non-hydrogen) atoms. The Morgan fingerprint density at radius 2 is 1.91 bits per heavy atom. The molecule has 0 radical (unpaired) electrons. The number of carbonyl (C=O) groups excluding carboxylic acids is 1. The van der Waals surface area contributed by atoms with Gasteiger partial charge in [-0.15, -0.1) is 10.2 Å². The van der Waals surface area contributed by atoms with Gasteiger partial charge < -0.3 is 5.32 Å². The van der Waals surface area contributed by atoms with Crippen molar-refractivity contribution in [1.29, 1.82) is 0 Å². The third-order valence-electron chi connectivity index (χ3n) is 3.38. The number of thioether (sulfide) groups is 1. The zero-order valence-electron chi connectivity index (χ0n) is 14.1. The number of hydrogen-bond donors (Lipinski definition) is 1. The minimum Gasteiger partial charge on any atom is -0.324 e. The minimum absolute atomic E-state index is 0.0165. The van der Waals surface area contributed by atoms with Gasteiger partial charge in [-0.25, -0.2) is 0 Å². The highest BCUT2D eigenvalue weighted by Gasteiger charge is 2.12. The lowest BCUT2D eigenvalue weighted by Crippen LogP contribution is -2.30. The van der Waals surface area contributed by atoms with E-state index in [1.54, 1.807) is 23.1 Å². The molecule has 1 aromatic carbocycles. The SMILES string of the molecule is CSc1nnc(CN(C)CC(=O)Nc2c(C)cc(C)cc2C)s1. The summed E-state index contributed by atoms with van der Waals surface area (Å²) in [5, 5.41) is 12.1. The molecule has 0 fully saturated rings. The van der Waals surface area contributed by atoms with Crippen LogP contribution in [0, 0.1) is 20.8 Å². The smallest absolute Gasteiger partial charge is 0.238 e. The van der Waals surface area contributed by atoms with E-state index in [0.717, 1.165) is 26.2 Å². The predicted molar refractivity (Wildman–Crippen MR) is 97.3 cm³/mol. The van der Waals surface area contributed by atoms with Gasteiger partial charge >= 0.3 is 0 Å². The van der Waals surface area contributed by atoms with Crippen molar-refractivity contribution in [2.75, 3.05) is 25.2 Å².